The topological polar surface area (TPSA) is 87.4 Å². The molecule has 6 nitrogen and oxygen atoms in total. The van der Waals surface area contributed by atoms with Gasteiger partial charge in [0.15, 0.2) is 0 Å². The van der Waals surface area contributed by atoms with Gasteiger partial charge >= 0.3 is 6.03 Å². The maximum Gasteiger partial charge on any atom is 0.319 e. The van der Waals surface area contributed by atoms with E-state index in [1.807, 2.05) is 0 Å². The number of carbonyl (C=O) groups is 1. The molecule has 0 bridgehead atoms. The molecule has 2 aromatic heterocycles. The first-order chi connectivity index (χ1) is 10.3. The Balaban J connectivity index is 1.95. The van der Waals surface area contributed by atoms with Crippen LogP contribution in [0, 0.1) is 13.8 Å². The van der Waals surface area contributed by atoms with Gasteiger partial charge in [0.2, 0.25) is 0 Å². The molecule has 7 heteroatoms. The van der Waals surface area contributed by atoms with Gasteiger partial charge in [0, 0.05) is 5.56 Å². The van der Waals surface area contributed by atoms with Crippen LogP contribution in [-0.2, 0) is 5.60 Å². The fourth-order valence-electron chi connectivity index (χ4n) is 2.14. The number of aromatic nitrogens is 1. The van der Waals surface area contributed by atoms with Crippen LogP contribution in [-0.4, -0.2) is 22.7 Å². The monoisotopic (exact) mass is 323 g/mol. The fraction of sp³-hybridized carbons (Fsp3) is 0.333. The molecule has 0 saturated heterocycles. The number of rotatable bonds is 4. The van der Waals surface area contributed by atoms with Crippen molar-refractivity contribution in [1.82, 2.24) is 10.3 Å². The molecule has 0 radical (unpaired) electrons. The number of nitrogens with one attached hydrogen (secondary N) is 2. The van der Waals surface area contributed by atoms with Crippen LogP contribution in [0.2, 0.25) is 5.15 Å². The lowest BCUT2D eigenvalue weighted by Crippen LogP contribution is -2.40. The SMILES string of the molecule is Cc1cc([C@@](C)(O)CNC(=O)Nc2ccc(Cl)nc2)c(C)o1. The molecule has 0 aliphatic heterocycles. The van der Waals surface area contributed by atoms with Crippen LogP contribution in [0.4, 0.5) is 10.5 Å². The minimum absolute atomic E-state index is 0.0413. The second-order valence-corrected chi connectivity index (χ2v) is 5.67. The van der Waals surface area contributed by atoms with Crippen molar-refractivity contribution in [2.45, 2.75) is 26.4 Å². The van der Waals surface area contributed by atoms with Crippen LogP contribution >= 0.6 is 11.6 Å². The minimum Gasteiger partial charge on any atom is -0.466 e. The van der Waals surface area contributed by atoms with Crippen LogP contribution in [0.5, 0.6) is 0 Å². The quantitative estimate of drug-likeness (QED) is 0.755. The predicted octanol–water partition coefficient (Wildman–Crippen LogP) is 2.97. The summed E-state index contributed by atoms with van der Waals surface area (Å²) in [6, 6.07) is 4.53. The normalized spacial score (nSPS) is 13.5. The lowest BCUT2D eigenvalue weighted by atomic mass is 9.96. The van der Waals surface area contributed by atoms with E-state index in [-0.39, 0.29) is 6.54 Å². The number of carbonyl (C=O) groups excluding carboxylic acids is 1. The van der Waals surface area contributed by atoms with Crippen LogP contribution < -0.4 is 10.6 Å². The van der Waals surface area contributed by atoms with Crippen molar-refractivity contribution in [3.63, 3.8) is 0 Å². The van der Waals surface area contributed by atoms with E-state index in [0.29, 0.717) is 27.9 Å². The summed E-state index contributed by atoms with van der Waals surface area (Å²) in [5.74, 6) is 1.34. The van der Waals surface area contributed by atoms with Gasteiger partial charge < -0.3 is 20.2 Å². The predicted molar refractivity (Wildman–Crippen MR) is 84.0 cm³/mol. The smallest absolute Gasteiger partial charge is 0.319 e. The van der Waals surface area contributed by atoms with E-state index in [0.717, 1.165) is 0 Å². The highest BCUT2D eigenvalue weighted by atomic mass is 35.5. The third kappa shape index (κ3) is 3.99. The Hall–Kier alpha value is -2.05. The summed E-state index contributed by atoms with van der Waals surface area (Å²) in [5.41, 5.74) is -0.0624. The molecule has 2 aromatic rings. The summed E-state index contributed by atoms with van der Waals surface area (Å²) in [4.78, 5) is 15.7. The van der Waals surface area contributed by atoms with Crippen molar-refractivity contribution >= 4 is 23.3 Å². The summed E-state index contributed by atoms with van der Waals surface area (Å²) in [7, 11) is 0. The Morgan fingerprint density at radius 3 is 2.73 bits per heavy atom. The molecule has 118 valence electrons. The Bertz CT molecular complexity index is 665. The highest BCUT2D eigenvalue weighted by molar-refractivity contribution is 6.29. The van der Waals surface area contributed by atoms with E-state index in [2.05, 4.69) is 15.6 Å². The highest BCUT2D eigenvalue weighted by Gasteiger charge is 2.28. The van der Waals surface area contributed by atoms with E-state index in [1.165, 1.54) is 6.20 Å². The fourth-order valence-corrected chi connectivity index (χ4v) is 2.25. The van der Waals surface area contributed by atoms with Gasteiger partial charge in [0.1, 0.15) is 22.3 Å². The molecule has 3 N–H and O–H groups in total. The lowest BCUT2D eigenvalue weighted by Gasteiger charge is -2.23. The molecule has 0 aromatic carbocycles. The van der Waals surface area contributed by atoms with E-state index < -0.39 is 11.6 Å². The summed E-state index contributed by atoms with van der Waals surface area (Å²) < 4.78 is 5.41. The van der Waals surface area contributed by atoms with Crippen molar-refractivity contribution in [1.29, 1.82) is 0 Å². The van der Waals surface area contributed by atoms with Crippen molar-refractivity contribution in [2.75, 3.05) is 11.9 Å². The number of nitrogens with zero attached hydrogens (tertiary/aromatic N) is 1. The van der Waals surface area contributed by atoms with Gasteiger partial charge in [-0.05, 0) is 39.0 Å². The molecule has 2 amide bonds. The summed E-state index contributed by atoms with van der Waals surface area (Å²) in [5, 5.41) is 16.1. The zero-order valence-corrected chi connectivity index (χ0v) is 13.4. The lowest BCUT2D eigenvalue weighted by molar-refractivity contribution is 0.0584. The van der Waals surface area contributed by atoms with Crippen LogP contribution in [0.3, 0.4) is 0 Å². The molecule has 2 heterocycles. The molecule has 0 unspecified atom stereocenters. The number of amides is 2. The van der Waals surface area contributed by atoms with Gasteiger partial charge in [0.05, 0.1) is 18.4 Å². The van der Waals surface area contributed by atoms with Gasteiger partial charge in [-0.3, -0.25) is 0 Å². The minimum atomic E-state index is -1.22. The third-order valence-corrected chi connectivity index (χ3v) is 3.42. The van der Waals surface area contributed by atoms with Crippen molar-refractivity contribution in [2.24, 2.45) is 0 Å². The second-order valence-electron chi connectivity index (χ2n) is 5.28. The number of hydrogen-bond donors (Lipinski definition) is 3. The van der Waals surface area contributed by atoms with Gasteiger partial charge in [-0.25, -0.2) is 9.78 Å². The summed E-state index contributed by atoms with van der Waals surface area (Å²) in [6.45, 7) is 5.24. The molecule has 0 fully saturated rings. The molecule has 0 spiro atoms. The average Bonchev–Trinajstić information content (AvgIpc) is 2.79. The largest absolute Gasteiger partial charge is 0.466 e. The van der Waals surface area contributed by atoms with Crippen molar-refractivity contribution in [3.05, 3.63) is 46.6 Å². The Morgan fingerprint density at radius 1 is 1.45 bits per heavy atom. The zero-order chi connectivity index (χ0) is 16.3. The third-order valence-electron chi connectivity index (χ3n) is 3.20. The van der Waals surface area contributed by atoms with E-state index >= 15 is 0 Å². The first kappa shape index (κ1) is 16.3. The second kappa shape index (κ2) is 6.37. The molecule has 2 rings (SSSR count). The maximum atomic E-state index is 11.8. The molecule has 1 atom stereocenters. The van der Waals surface area contributed by atoms with Gasteiger partial charge in [-0.15, -0.1) is 0 Å². The standard InChI is InChI=1S/C15H18ClN3O3/c1-9-6-12(10(2)22-9)15(3,21)8-18-14(20)19-11-4-5-13(16)17-7-11/h4-7,21H,8H2,1-3H3,(H2,18,19,20)/t15-/m0/s1. The highest BCUT2D eigenvalue weighted by Crippen LogP contribution is 2.26. The molecule has 22 heavy (non-hydrogen) atoms. The maximum absolute atomic E-state index is 11.8. The number of pyridine rings is 1. The molecular weight excluding hydrogens is 306 g/mol. The summed E-state index contributed by atoms with van der Waals surface area (Å²) in [6.07, 6.45) is 1.45. The number of urea groups is 1. The van der Waals surface area contributed by atoms with Gasteiger partial charge in [-0.1, -0.05) is 11.6 Å². The number of aryl methyl sites for hydroxylation is 2. The number of furan rings is 1. The Morgan fingerprint density at radius 2 is 2.18 bits per heavy atom. The van der Waals surface area contributed by atoms with Crippen molar-refractivity contribution < 1.29 is 14.3 Å². The number of halogens is 1. The van der Waals surface area contributed by atoms with Crippen LogP contribution in [0.25, 0.3) is 0 Å². The number of hydrogen-bond acceptors (Lipinski definition) is 4. The Kier molecular flexibility index (Phi) is 4.73. The molecule has 0 aliphatic rings. The number of anilines is 1. The average molecular weight is 324 g/mol. The van der Waals surface area contributed by atoms with E-state index in [4.69, 9.17) is 16.0 Å². The molecule has 0 aliphatic carbocycles. The molecule has 0 saturated carbocycles. The molecular formula is C15H18ClN3O3. The van der Waals surface area contributed by atoms with Gasteiger partial charge in [-0.2, -0.15) is 0 Å². The first-order valence-corrected chi connectivity index (χ1v) is 7.12. The first-order valence-electron chi connectivity index (χ1n) is 6.74. The van der Waals surface area contributed by atoms with Gasteiger partial charge in [0.25, 0.3) is 0 Å². The van der Waals surface area contributed by atoms with E-state index in [1.54, 1.807) is 39.0 Å². The van der Waals surface area contributed by atoms with Crippen molar-refractivity contribution in [3.8, 4) is 0 Å². The summed E-state index contributed by atoms with van der Waals surface area (Å²) >= 11 is 5.67. The zero-order valence-electron chi connectivity index (χ0n) is 12.6. The van der Waals surface area contributed by atoms with E-state index in [9.17, 15) is 9.90 Å². The van der Waals surface area contributed by atoms with Crippen LogP contribution in [0.15, 0.2) is 28.8 Å². The number of aliphatic hydroxyl groups is 1. The van der Waals surface area contributed by atoms with Crippen LogP contribution in [0.1, 0.15) is 24.0 Å². The Labute approximate surface area is 133 Å².